The summed E-state index contributed by atoms with van der Waals surface area (Å²) in [6.07, 6.45) is 1.41. The van der Waals surface area contributed by atoms with Crippen molar-refractivity contribution in [1.29, 1.82) is 0 Å². The Morgan fingerprint density at radius 2 is 1.97 bits per heavy atom. The lowest BCUT2D eigenvalue weighted by atomic mass is 10.0. The number of hydrogen-bond acceptors (Lipinski definition) is 7. The number of nitrogens with one attached hydrogen (secondary N) is 1. The van der Waals surface area contributed by atoms with Crippen molar-refractivity contribution in [2.24, 2.45) is 10.7 Å². The molecule has 5 N–H and O–H groups in total. The molecule has 0 bridgehead atoms. The van der Waals surface area contributed by atoms with Gasteiger partial charge in [0.05, 0.1) is 11.1 Å². The lowest BCUT2D eigenvalue weighted by Gasteiger charge is -2.17. The molecule has 33 heavy (non-hydrogen) atoms. The third-order valence-corrected chi connectivity index (χ3v) is 5.78. The average molecular weight is 447 g/mol. The van der Waals surface area contributed by atoms with E-state index in [1.807, 2.05) is 45.0 Å². The fraction of sp³-hybridized carbons (Fsp3) is 0.304. The summed E-state index contributed by atoms with van der Waals surface area (Å²) in [5, 5.41) is 5.33. The molecule has 1 amide bonds. The van der Waals surface area contributed by atoms with E-state index in [4.69, 9.17) is 11.5 Å². The van der Waals surface area contributed by atoms with Gasteiger partial charge >= 0.3 is 5.91 Å². The van der Waals surface area contributed by atoms with E-state index < -0.39 is 0 Å². The highest BCUT2D eigenvalue weighted by molar-refractivity contribution is 6.53. The normalized spacial score (nSPS) is 19.7. The van der Waals surface area contributed by atoms with Gasteiger partial charge in [0.2, 0.25) is 0 Å². The van der Waals surface area contributed by atoms with Gasteiger partial charge in [-0.05, 0) is 39.3 Å². The lowest BCUT2D eigenvalue weighted by Crippen LogP contribution is -2.82. The quantitative estimate of drug-likeness (QED) is 0.526. The van der Waals surface area contributed by atoms with Crippen molar-refractivity contribution in [3.8, 4) is 0 Å². The van der Waals surface area contributed by atoms with E-state index in [2.05, 4.69) is 25.1 Å². The molecular weight excluding hydrogens is 418 g/mol. The predicted molar refractivity (Wildman–Crippen MR) is 129 cm³/mol. The molecule has 10 nitrogen and oxygen atoms in total. The second-order valence-corrected chi connectivity index (χ2v) is 8.11. The lowest BCUT2D eigenvalue weighted by molar-refractivity contribution is -0.487. The number of anilines is 2. The van der Waals surface area contributed by atoms with Gasteiger partial charge in [0.25, 0.3) is 5.84 Å². The van der Waals surface area contributed by atoms with E-state index in [-0.39, 0.29) is 18.5 Å². The number of aryl methyl sites for hydroxylation is 2. The Bertz CT molecular complexity index is 1350. The first kappa shape index (κ1) is 22.1. The fourth-order valence-corrected chi connectivity index (χ4v) is 4.33. The standard InChI is InChI=1S/C23H27N9O/c1-12-8-6-7-9-16(12)32-17(29-14(3)18(13(2)24)20(26-5)23(32)33)10-31-22-19(15(4)30-31)21(25)27-11-28-22/h6-9,11,14H,10,24H2,1-5H3,(H2,25,27,28)/p+1. The van der Waals surface area contributed by atoms with Crippen molar-refractivity contribution in [3.05, 3.63) is 53.1 Å². The second-order valence-electron chi connectivity index (χ2n) is 8.11. The molecular formula is C23H28N9O+. The summed E-state index contributed by atoms with van der Waals surface area (Å²) < 4.78 is 1.73. The Balaban J connectivity index is 1.94. The topological polar surface area (TPSA) is 142 Å². The van der Waals surface area contributed by atoms with Gasteiger partial charge in [-0.25, -0.2) is 19.4 Å². The molecule has 1 aliphatic heterocycles. The third kappa shape index (κ3) is 3.73. The Morgan fingerprint density at radius 3 is 2.64 bits per heavy atom. The molecule has 3 aromatic rings. The van der Waals surface area contributed by atoms with Crippen LogP contribution in [0.3, 0.4) is 0 Å². The summed E-state index contributed by atoms with van der Waals surface area (Å²) in [6.45, 7) is 7.80. The van der Waals surface area contributed by atoms with Crippen LogP contribution in [0.15, 0.2) is 46.9 Å². The van der Waals surface area contributed by atoms with Gasteiger partial charge in [-0.15, -0.1) is 0 Å². The number of amidine groups is 1. The van der Waals surface area contributed by atoms with Crippen LogP contribution in [0, 0.1) is 13.8 Å². The molecule has 0 fully saturated rings. The minimum absolute atomic E-state index is 0.249. The monoisotopic (exact) mass is 446 g/mol. The van der Waals surface area contributed by atoms with Crippen LogP contribution < -0.4 is 21.4 Å². The number of aliphatic imine (C=N–C) groups is 1. The number of fused-ring (bicyclic) bond motifs is 1. The third-order valence-electron chi connectivity index (χ3n) is 5.78. The zero-order valence-corrected chi connectivity index (χ0v) is 19.4. The van der Waals surface area contributed by atoms with Gasteiger partial charge in [0.1, 0.15) is 30.4 Å². The predicted octanol–water partition coefficient (Wildman–Crippen LogP) is 0.243. The minimum atomic E-state index is -0.263. The molecule has 1 aliphatic rings. The number of nitrogen functional groups attached to an aromatic ring is 1. The number of amides is 1. The van der Waals surface area contributed by atoms with E-state index in [0.29, 0.717) is 45.4 Å². The van der Waals surface area contributed by atoms with Crippen molar-refractivity contribution in [1.82, 2.24) is 19.7 Å². The van der Waals surface area contributed by atoms with Crippen LogP contribution in [0.4, 0.5) is 11.5 Å². The SMILES string of the molecule is CN=C1C(=O)N(c2ccccc2C)C(Cn2nc(C)c3c(N)ncnc32)=[NH+]C(C)C1=C(C)N. The van der Waals surface area contributed by atoms with Gasteiger partial charge < -0.3 is 11.5 Å². The molecule has 170 valence electrons. The van der Waals surface area contributed by atoms with E-state index in [0.717, 1.165) is 11.3 Å². The maximum absolute atomic E-state index is 13.9. The molecule has 0 radical (unpaired) electrons. The highest BCUT2D eigenvalue weighted by Crippen LogP contribution is 2.25. The molecule has 0 aliphatic carbocycles. The highest BCUT2D eigenvalue weighted by Gasteiger charge is 2.41. The van der Waals surface area contributed by atoms with Crippen LogP contribution >= 0.6 is 0 Å². The first-order valence-electron chi connectivity index (χ1n) is 10.6. The van der Waals surface area contributed by atoms with Crippen molar-refractivity contribution < 1.29 is 9.79 Å². The maximum Gasteiger partial charge on any atom is 0.364 e. The number of nitrogens with zero attached hydrogens (tertiary/aromatic N) is 6. The van der Waals surface area contributed by atoms with E-state index in [9.17, 15) is 4.79 Å². The average Bonchev–Trinajstić information content (AvgIpc) is 3.03. The van der Waals surface area contributed by atoms with Gasteiger partial charge in [-0.2, -0.15) is 10.00 Å². The summed E-state index contributed by atoms with van der Waals surface area (Å²) >= 11 is 0. The molecule has 10 heteroatoms. The first-order chi connectivity index (χ1) is 15.7. The number of hydrogen-bond donors (Lipinski definition) is 3. The molecule has 1 unspecified atom stereocenters. The minimum Gasteiger partial charge on any atom is -0.402 e. The van der Waals surface area contributed by atoms with Crippen LogP contribution in [-0.2, 0) is 11.3 Å². The van der Waals surface area contributed by atoms with Crippen molar-refractivity contribution in [2.45, 2.75) is 40.3 Å². The summed E-state index contributed by atoms with van der Waals surface area (Å²) in [5.41, 5.74) is 16.8. The maximum atomic E-state index is 13.9. The smallest absolute Gasteiger partial charge is 0.364 e. The summed E-state index contributed by atoms with van der Waals surface area (Å²) in [5.74, 6) is 0.730. The molecule has 0 saturated carbocycles. The zero-order chi connectivity index (χ0) is 23.9. The molecule has 1 atom stereocenters. The summed E-state index contributed by atoms with van der Waals surface area (Å²) in [6, 6.07) is 7.44. The zero-order valence-electron chi connectivity index (χ0n) is 19.4. The van der Waals surface area contributed by atoms with Gasteiger partial charge in [0.15, 0.2) is 11.4 Å². The van der Waals surface area contributed by atoms with Crippen LogP contribution in [0.1, 0.15) is 25.1 Å². The number of carbonyl (C=O) groups excluding carboxylic acids is 1. The number of allylic oxidation sites excluding steroid dienone is 1. The van der Waals surface area contributed by atoms with E-state index >= 15 is 0 Å². The Morgan fingerprint density at radius 1 is 1.24 bits per heavy atom. The number of carbonyl (C=O) groups is 1. The molecule has 1 aromatic carbocycles. The van der Waals surface area contributed by atoms with Gasteiger partial charge in [0, 0.05) is 18.3 Å². The van der Waals surface area contributed by atoms with Crippen LogP contribution in [-0.4, -0.2) is 50.3 Å². The van der Waals surface area contributed by atoms with Crippen LogP contribution in [0.5, 0.6) is 0 Å². The van der Waals surface area contributed by atoms with Gasteiger partial charge in [-0.1, -0.05) is 18.2 Å². The first-order valence-corrected chi connectivity index (χ1v) is 10.6. The Labute approximate surface area is 191 Å². The number of aromatic nitrogens is 4. The number of benzene rings is 1. The fourth-order valence-electron chi connectivity index (χ4n) is 4.33. The molecule has 4 rings (SSSR count). The molecule has 2 aromatic heterocycles. The summed E-state index contributed by atoms with van der Waals surface area (Å²) in [4.78, 5) is 31.8. The molecule has 0 saturated heterocycles. The van der Waals surface area contributed by atoms with Crippen LogP contribution in [0.25, 0.3) is 11.0 Å². The molecule has 3 heterocycles. The van der Waals surface area contributed by atoms with Crippen molar-refractivity contribution in [2.75, 3.05) is 17.7 Å². The molecule has 0 spiro atoms. The second kappa shape index (κ2) is 8.45. The van der Waals surface area contributed by atoms with Crippen LogP contribution in [0.2, 0.25) is 0 Å². The summed E-state index contributed by atoms with van der Waals surface area (Å²) in [7, 11) is 1.61. The van der Waals surface area contributed by atoms with Crippen molar-refractivity contribution >= 4 is 40.0 Å². The van der Waals surface area contributed by atoms with E-state index in [1.54, 1.807) is 23.6 Å². The number of nitrogens with two attached hydrogens (primary N) is 2. The Hall–Kier alpha value is -4.08. The highest BCUT2D eigenvalue weighted by atomic mass is 16.2. The number of para-hydroxylation sites is 1. The van der Waals surface area contributed by atoms with E-state index in [1.165, 1.54) is 6.33 Å². The largest absolute Gasteiger partial charge is 0.402 e. The number of rotatable bonds is 3. The Kier molecular flexibility index (Phi) is 5.67. The van der Waals surface area contributed by atoms with Gasteiger partial charge in [-0.3, -0.25) is 9.98 Å². The van der Waals surface area contributed by atoms with Crippen molar-refractivity contribution in [3.63, 3.8) is 0 Å².